The van der Waals surface area contributed by atoms with Crippen LogP contribution in [0.2, 0.25) is 0 Å². The van der Waals surface area contributed by atoms with Crippen LogP contribution in [-0.4, -0.2) is 73.4 Å². The van der Waals surface area contributed by atoms with Crippen LogP contribution < -0.4 is 5.32 Å². The average molecular weight is 1150 g/mol. The van der Waals surface area contributed by atoms with E-state index < -0.39 is 20.0 Å². The number of quaternary nitrogens is 1. The van der Waals surface area contributed by atoms with E-state index in [1.165, 1.54) is 186 Å². The fraction of sp³-hybridized carbons (Fsp3) is 0.736. The summed E-state index contributed by atoms with van der Waals surface area (Å²) in [5.74, 6) is -0.191. The van der Waals surface area contributed by atoms with Gasteiger partial charge in [-0.3, -0.25) is 13.8 Å². The van der Waals surface area contributed by atoms with Gasteiger partial charge in [-0.05, 0) is 96.3 Å². The first-order valence-electron chi connectivity index (χ1n) is 33.8. The summed E-state index contributed by atoms with van der Waals surface area (Å²) in [7, 11) is 1.54. The number of unbranched alkanes of at least 4 members (excludes halogenated alkanes) is 32. The minimum Gasteiger partial charge on any atom is -0.387 e. The molecule has 468 valence electrons. The van der Waals surface area contributed by atoms with E-state index in [-0.39, 0.29) is 19.1 Å². The maximum absolute atomic E-state index is 13.0. The number of amides is 1. The van der Waals surface area contributed by atoms with Crippen LogP contribution in [-0.2, 0) is 18.4 Å². The Kier molecular flexibility index (Phi) is 59.5. The number of nitrogens with one attached hydrogen (secondary N) is 1. The van der Waals surface area contributed by atoms with Gasteiger partial charge in [0.15, 0.2) is 0 Å². The Balaban J connectivity index is 4.10. The number of aliphatic hydroxyl groups is 1. The quantitative estimate of drug-likeness (QED) is 0.0243. The van der Waals surface area contributed by atoms with E-state index in [0.717, 1.165) is 83.5 Å². The smallest absolute Gasteiger partial charge is 0.387 e. The summed E-state index contributed by atoms with van der Waals surface area (Å²) < 4.78 is 23.8. The number of likely N-dealkylation sites (N-methyl/N-ethyl adjacent to an activating group) is 1. The summed E-state index contributed by atoms with van der Waals surface area (Å²) >= 11 is 0. The molecule has 0 heterocycles. The van der Waals surface area contributed by atoms with E-state index in [1.807, 2.05) is 27.2 Å². The van der Waals surface area contributed by atoms with Crippen molar-refractivity contribution in [1.82, 2.24) is 5.32 Å². The summed E-state index contributed by atoms with van der Waals surface area (Å²) in [4.78, 5) is 23.4. The van der Waals surface area contributed by atoms with Gasteiger partial charge in [-0.15, -0.1) is 0 Å². The molecule has 8 nitrogen and oxygen atoms in total. The second kappa shape index (κ2) is 61.7. The lowest BCUT2D eigenvalue weighted by Crippen LogP contribution is -2.45. The topological polar surface area (TPSA) is 105 Å². The molecule has 81 heavy (non-hydrogen) atoms. The van der Waals surface area contributed by atoms with Gasteiger partial charge in [-0.2, -0.15) is 0 Å². The van der Waals surface area contributed by atoms with E-state index in [0.29, 0.717) is 17.4 Å². The van der Waals surface area contributed by atoms with Gasteiger partial charge < -0.3 is 19.8 Å². The Hall–Kier alpha value is -2.84. The van der Waals surface area contributed by atoms with E-state index in [4.69, 9.17) is 9.05 Å². The molecule has 0 fully saturated rings. The first-order chi connectivity index (χ1) is 39.5. The van der Waals surface area contributed by atoms with Gasteiger partial charge in [-0.1, -0.05) is 297 Å². The van der Waals surface area contributed by atoms with Crippen molar-refractivity contribution < 1.29 is 32.9 Å². The van der Waals surface area contributed by atoms with Gasteiger partial charge in [-0.25, -0.2) is 4.57 Å². The summed E-state index contributed by atoms with van der Waals surface area (Å²) in [6.45, 7) is 4.69. The van der Waals surface area contributed by atoms with Crippen molar-refractivity contribution >= 4 is 13.7 Å². The largest absolute Gasteiger partial charge is 0.472 e. The third-order valence-corrected chi connectivity index (χ3v) is 15.7. The fourth-order valence-electron chi connectivity index (χ4n) is 9.49. The van der Waals surface area contributed by atoms with Crippen molar-refractivity contribution in [2.45, 2.75) is 302 Å². The molecule has 3 unspecified atom stereocenters. The number of hydrogen-bond acceptors (Lipinski definition) is 5. The Bertz CT molecular complexity index is 1690. The van der Waals surface area contributed by atoms with Crippen LogP contribution in [0.25, 0.3) is 0 Å². The van der Waals surface area contributed by atoms with E-state index in [2.05, 4.69) is 116 Å². The average Bonchev–Trinajstić information content (AvgIpc) is 3.43. The molecule has 0 rings (SSSR count). The predicted molar refractivity (Wildman–Crippen MR) is 355 cm³/mol. The Morgan fingerprint density at radius 2 is 0.753 bits per heavy atom. The van der Waals surface area contributed by atoms with Crippen molar-refractivity contribution in [3.05, 3.63) is 109 Å². The number of rotatable bonds is 61. The van der Waals surface area contributed by atoms with Crippen LogP contribution in [0.4, 0.5) is 0 Å². The lowest BCUT2D eigenvalue weighted by atomic mass is 10.0. The zero-order valence-electron chi connectivity index (χ0n) is 53.5. The van der Waals surface area contributed by atoms with Gasteiger partial charge >= 0.3 is 7.82 Å². The van der Waals surface area contributed by atoms with Crippen molar-refractivity contribution in [1.29, 1.82) is 0 Å². The second-order valence-corrected chi connectivity index (χ2v) is 25.3. The lowest BCUT2D eigenvalue weighted by molar-refractivity contribution is -0.870. The standard InChI is InChI=1S/C72H129N2O6P/c1-6-8-10-12-14-16-18-20-22-24-26-28-30-31-32-33-34-35-36-37-38-39-40-41-42-43-44-46-48-50-52-54-56-58-60-62-64-66-72(76)73-70(69-80-81(77,78)79-68-67-74(3,4)5)71(75)65-63-61-59-57-55-53-51-49-47-45-29-27-25-23-21-19-17-15-13-11-9-7-2/h8,10,14,16,20,22,26,28,31-32,34-35,47,49,55,57,63,65,70-71,75H,6-7,9,11-13,15,17-19,21,23-25,27,29-30,33,36-46,48,50-54,56,58-62,64,66-69H2,1-5H3,(H-,73,76,77,78)/p+1/b10-8-,16-14-,22-20-,28-26-,32-31-,35-34-,49-47+,57-55+,65-63+. The lowest BCUT2D eigenvalue weighted by Gasteiger charge is -2.25. The zero-order chi connectivity index (χ0) is 59.1. The van der Waals surface area contributed by atoms with Crippen LogP contribution in [0, 0.1) is 0 Å². The van der Waals surface area contributed by atoms with Crippen molar-refractivity contribution in [2.75, 3.05) is 40.9 Å². The summed E-state index contributed by atoms with van der Waals surface area (Å²) in [6.07, 6.45) is 90.9. The Morgan fingerprint density at radius 3 is 1.14 bits per heavy atom. The highest BCUT2D eigenvalue weighted by molar-refractivity contribution is 7.47. The van der Waals surface area contributed by atoms with Crippen molar-refractivity contribution in [3.8, 4) is 0 Å². The minimum absolute atomic E-state index is 0.0507. The van der Waals surface area contributed by atoms with Crippen LogP contribution in [0.1, 0.15) is 290 Å². The monoisotopic (exact) mass is 1150 g/mol. The van der Waals surface area contributed by atoms with Crippen molar-refractivity contribution in [3.63, 3.8) is 0 Å². The molecular weight excluding hydrogens is 1020 g/mol. The Morgan fingerprint density at radius 1 is 0.432 bits per heavy atom. The predicted octanol–water partition coefficient (Wildman–Crippen LogP) is 21.5. The molecule has 0 aromatic carbocycles. The fourth-order valence-corrected chi connectivity index (χ4v) is 10.2. The Labute approximate surface area is 501 Å². The SMILES string of the molecule is CC/C=C\C/C=C\C/C=C\C/C=C\C/C=C\C/C=C\CCCCCCCCCCCCCCCCCCCCC(=O)NC(COP(=O)(O)OCC[N+](C)(C)C)C(O)/C=C/CC/C=C/CC/C=C/CCCCCCCCCCCCCC. The summed E-state index contributed by atoms with van der Waals surface area (Å²) in [6, 6.07) is -0.876. The number of aliphatic hydroxyl groups excluding tert-OH is 1. The molecule has 0 aliphatic carbocycles. The van der Waals surface area contributed by atoms with Crippen LogP contribution >= 0.6 is 7.82 Å². The zero-order valence-corrected chi connectivity index (χ0v) is 54.4. The van der Waals surface area contributed by atoms with E-state index in [9.17, 15) is 19.4 Å². The molecule has 9 heteroatoms. The molecule has 0 saturated heterocycles. The molecule has 1 amide bonds. The first-order valence-corrected chi connectivity index (χ1v) is 35.3. The third-order valence-electron chi connectivity index (χ3n) is 14.7. The van der Waals surface area contributed by atoms with E-state index >= 15 is 0 Å². The maximum Gasteiger partial charge on any atom is 0.472 e. The molecule has 0 saturated carbocycles. The maximum atomic E-state index is 13.0. The number of phosphoric ester groups is 1. The van der Waals surface area contributed by atoms with Crippen molar-refractivity contribution in [2.24, 2.45) is 0 Å². The highest BCUT2D eigenvalue weighted by atomic mass is 31.2. The molecular formula is C72H130N2O6P+. The van der Waals surface area contributed by atoms with E-state index in [1.54, 1.807) is 6.08 Å². The van der Waals surface area contributed by atoms with Crippen LogP contribution in [0.3, 0.4) is 0 Å². The number of allylic oxidation sites excluding steroid dienone is 17. The normalized spacial score (nSPS) is 14.4. The van der Waals surface area contributed by atoms with Gasteiger partial charge in [0.05, 0.1) is 39.9 Å². The number of carbonyl (C=O) groups excluding carboxylic acids is 1. The molecule has 0 aromatic heterocycles. The van der Waals surface area contributed by atoms with Crippen LogP contribution in [0.15, 0.2) is 109 Å². The second-order valence-electron chi connectivity index (χ2n) is 23.8. The van der Waals surface area contributed by atoms with Gasteiger partial charge in [0, 0.05) is 6.42 Å². The third kappa shape index (κ3) is 64.6. The molecule has 3 atom stereocenters. The number of phosphoric acid groups is 1. The number of nitrogens with zero attached hydrogens (tertiary/aromatic N) is 1. The van der Waals surface area contributed by atoms with Crippen LogP contribution in [0.5, 0.6) is 0 Å². The highest BCUT2D eigenvalue weighted by Crippen LogP contribution is 2.43. The number of hydrogen-bond donors (Lipinski definition) is 3. The highest BCUT2D eigenvalue weighted by Gasteiger charge is 2.28. The molecule has 0 radical (unpaired) electrons. The minimum atomic E-state index is -4.37. The van der Waals surface area contributed by atoms with Gasteiger partial charge in [0.2, 0.25) is 5.91 Å². The molecule has 0 spiro atoms. The molecule has 3 N–H and O–H groups in total. The molecule has 0 aliphatic heterocycles. The molecule has 0 aromatic rings. The summed E-state index contributed by atoms with van der Waals surface area (Å²) in [5, 5.41) is 14.0. The van der Waals surface area contributed by atoms with Gasteiger partial charge in [0.1, 0.15) is 13.2 Å². The number of carbonyl (C=O) groups is 1. The summed E-state index contributed by atoms with van der Waals surface area (Å²) in [5.41, 5.74) is 0. The molecule has 0 aliphatic rings. The first kappa shape index (κ1) is 78.2. The molecule has 0 bridgehead atoms. The van der Waals surface area contributed by atoms with Gasteiger partial charge in [0.25, 0.3) is 0 Å².